The van der Waals surface area contributed by atoms with Gasteiger partial charge in [0.2, 0.25) is 0 Å². The first-order valence-electron chi connectivity index (χ1n) is 6.98. The Hall–Kier alpha value is -2.40. The molecule has 0 spiro atoms. The molecule has 0 aliphatic carbocycles. The zero-order chi connectivity index (χ0) is 16.3. The highest BCUT2D eigenvalue weighted by atomic mass is 16.6. The maximum absolute atomic E-state index is 10.8. The summed E-state index contributed by atoms with van der Waals surface area (Å²) in [5.41, 5.74) is 1.56. The second-order valence-corrected chi connectivity index (χ2v) is 6.08. The molecule has 116 valence electrons. The number of aliphatic hydroxyl groups excluding tert-OH is 1. The molecule has 0 saturated carbocycles. The van der Waals surface area contributed by atoms with Gasteiger partial charge in [-0.2, -0.15) is 0 Å². The first-order valence-corrected chi connectivity index (χ1v) is 6.98. The molecule has 2 aromatic rings. The van der Waals surface area contributed by atoms with Crippen molar-refractivity contribution in [3.8, 4) is 11.5 Å². The van der Waals surface area contributed by atoms with Crippen LogP contribution in [0.25, 0.3) is 0 Å². The number of benzene rings is 2. The van der Waals surface area contributed by atoms with Gasteiger partial charge in [0, 0.05) is 17.7 Å². The largest absolute Gasteiger partial charge is 0.457 e. The van der Waals surface area contributed by atoms with Crippen LogP contribution in [0.3, 0.4) is 0 Å². The summed E-state index contributed by atoms with van der Waals surface area (Å²) in [5, 5.41) is 20.1. The summed E-state index contributed by atoms with van der Waals surface area (Å²) in [4.78, 5) is 10.3. The first kappa shape index (κ1) is 16.0. The molecule has 0 saturated heterocycles. The molecule has 0 fully saturated rings. The fourth-order valence-electron chi connectivity index (χ4n) is 2.05. The topological polar surface area (TPSA) is 72.6 Å². The molecule has 0 unspecified atom stereocenters. The molecule has 0 bridgehead atoms. The summed E-state index contributed by atoms with van der Waals surface area (Å²) in [6, 6.07) is 11.9. The summed E-state index contributed by atoms with van der Waals surface area (Å²) in [6.07, 6.45) is 0. The minimum Gasteiger partial charge on any atom is -0.457 e. The number of hydrogen-bond donors (Lipinski definition) is 1. The second-order valence-electron chi connectivity index (χ2n) is 6.08. The van der Waals surface area contributed by atoms with Gasteiger partial charge in [-0.15, -0.1) is 0 Å². The Balaban J connectivity index is 2.25. The van der Waals surface area contributed by atoms with Gasteiger partial charge in [-0.25, -0.2) is 0 Å². The van der Waals surface area contributed by atoms with Gasteiger partial charge in [0.15, 0.2) is 0 Å². The van der Waals surface area contributed by atoms with Crippen LogP contribution in [0.5, 0.6) is 11.5 Å². The van der Waals surface area contributed by atoms with E-state index in [9.17, 15) is 15.2 Å². The lowest BCUT2D eigenvalue weighted by Crippen LogP contribution is -2.10. The smallest absolute Gasteiger partial charge is 0.270 e. The summed E-state index contributed by atoms with van der Waals surface area (Å²) < 4.78 is 5.72. The number of rotatable bonds is 4. The molecule has 2 rings (SSSR count). The van der Waals surface area contributed by atoms with E-state index in [1.807, 2.05) is 24.3 Å². The molecule has 0 aliphatic heterocycles. The summed E-state index contributed by atoms with van der Waals surface area (Å²) in [5.74, 6) is 1.04. The van der Waals surface area contributed by atoms with Crippen molar-refractivity contribution in [3.63, 3.8) is 0 Å². The third kappa shape index (κ3) is 3.62. The SMILES string of the molecule is CC(C)(C)c1ccc(Oc2ccc([N+](=O)[O-])cc2CO)cc1. The van der Waals surface area contributed by atoms with E-state index in [0.29, 0.717) is 17.1 Å². The highest BCUT2D eigenvalue weighted by molar-refractivity contribution is 5.45. The van der Waals surface area contributed by atoms with Crippen LogP contribution in [-0.2, 0) is 12.0 Å². The number of non-ortho nitro benzene ring substituents is 1. The average molecular weight is 301 g/mol. The fraction of sp³-hybridized carbons (Fsp3) is 0.294. The van der Waals surface area contributed by atoms with Crippen LogP contribution >= 0.6 is 0 Å². The summed E-state index contributed by atoms with van der Waals surface area (Å²) in [6.45, 7) is 6.06. The molecule has 22 heavy (non-hydrogen) atoms. The van der Waals surface area contributed by atoms with Crippen LogP contribution in [-0.4, -0.2) is 10.0 Å². The van der Waals surface area contributed by atoms with Gasteiger partial charge in [0.1, 0.15) is 11.5 Å². The van der Waals surface area contributed by atoms with E-state index in [0.717, 1.165) is 0 Å². The van der Waals surface area contributed by atoms with Crippen molar-refractivity contribution in [1.82, 2.24) is 0 Å². The van der Waals surface area contributed by atoms with Gasteiger partial charge in [0.25, 0.3) is 5.69 Å². The molecule has 0 radical (unpaired) electrons. The molecule has 0 aliphatic rings. The summed E-state index contributed by atoms with van der Waals surface area (Å²) in [7, 11) is 0. The molecule has 0 heterocycles. The monoisotopic (exact) mass is 301 g/mol. The normalized spacial score (nSPS) is 11.3. The lowest BCUT2D eigenvalue weighted by Gasteiger charge is -2.19. The first-order chi connectivity index (χ1) is 10.3. The standard InChI is InChI=1S/C17H19NO4/c1-17(2,3)13-4-7-15(8-5-13)22-16-9-6-14(18(20)21)10-12(16)11-19/h4-10,19H,11H2,1-3H3. The molecule has 0 atom stereocenters. The molecular formula is C17H19NO4. The highest BCUT2D eigenvalue weighted by Gasteiger charge is 2.14. The lowest BCUT2D eigenvalue weighted by molar-refractivity contribution is -0.385. The fourth-order valence-corrected chi connectivity index (χ4v) is 2.05. The van der Waals surface area contributed by atoms with Crippen LogP contribution < -0.4 is 4.74 Å². The lowest BCUT2D eigenvalue weighted by atomic mass is 9.87. The van der Waals surface area contributed by atoms with Gasteiger partial charge in [0.05, 0.1) is 11.5 Å². The van der Waals surface area contributed by atoms with Crippen LogP contribution in [0.2, 0.25) is 0 Å². The number of hydrogen-bond acceptors (Lipinski definition) is 4. The zero-order valence-electron chi connectivity index (χ0n) is 12.9. The minimum atomic E-state index is -0.499. The van der Waals surface area contributed by atoms with Crippen LogP contribution in [0.4, 0.5) is 5.69 Å². The van der Waals surface area contributed by atoms with E-state index in [1.165, 1.54) is 23.8 Å². The Morgan fingerprint density at radius 1 is 1.14 bits per heavy atom. The predicted molar refractivity (Wildman–Crippen MR) is 84.2 cm³/mol. The Morgan fingerprint density at radius 3 is 2.27 bits per heavy atom. The van der Waals surface area contributed by atoms with Crippen LogP contribution in [0, 0.1) is 10.1 Å². The second kappa shape index (κ2) is 6.15. The average Bonchev–Trinajstić information content (AvgIpc) is 2.47. The highest BCUT2D eigenvalue weighted by Crippen LogP contribution is 2.30. The molecule has 1 N–H and O–H groups in total. The van der Waals surface area contributed by atoms with E-state index in [2.05, 4.69) is 20.8 Å². The molecule has 0 amide bonds. The van der Waals surface area contributed by atoms with Crippen molar-refractivity contribution in [2.24, 2.45) is 0 Å². The third-order valence-electron chi connectivity index (χ3n) is 3.37. The molecule has 0 aromatic heterocycles. The van der Waals surface area contributed by atoms with Gasteiger partial charge in [-0.1, -0.05) is 32.9 Å². The Labute approximate surface area is 129 Å². The number of nitro benzene ring substituents is 1. The zero-order valence-corrected chi connectivity index (χ0v) is 12.9. The van der Waals surface area contributed by atoms with Crippen LogP contribution in [0.15, 0.2) is 42.5 Å². The van der Waals surface area contributed by atoms with Crippen molar-refractivity contribution in [1.29, 1.82) is 0 Å². The Kier molecular flexibility index (Phi) is 4.47. The third-order valence-corrected chi connectivity index (χ3v) is 3.37. The van der Waals surface area contributed by atoms with Crippen molar-refractivity contribution < 1.29 is 14.8 Å². The Bertz CT molecular complexity index is 672. The Morgan fingerprint density at radius 2 is 1.77 bits per heavy atom. The van der Waals surface area contributed by atoms with Crippen molar-refractivity contribution in [2.75, 3.05) is 0 Å². The van der Waals surface area contributed by atoms with Crippen LogP contribution in [0.1, 0.15) is 31.9 Å². The molecule has 2 aromatic carbocycles. The van der Waals surface area contributed by atoms with E-state index >= 15 is 0 Å². The van der Waals surface area contributed by atoms with E-state index in [-0.39, 0.29) is 17.7 Å². The minimum absolute atomic E-state index is 0.0577. The van der Waals surface area contributed by atoms with Crippen molar-refractivity contribution in [3.05, 3.63) is 63.7 Å². The van der Waals surface area contributed by atoms with E-state index in [1.54, 1.807) is 0 Å². The van der Waals surface area contributed by atoms with Gasteiger partial charge >= 0.3 is 0 Å². The molecular weight excluding hydrogens is 282 g/mol. The van der Waals surface area contributed by atoms with E-state index < -0.39 is 4.92 Å². The number of aliphatic hydroxyl groups is 1. The van der Waals surface area contributed by atoms with Crippen molar-refractivity contribution in [2.45, 2.75) is 32.8 Å². The predicted octanol–water partition coefficient (Wildman–Crippen LogP) is 4.18. The summed E-state index contributed by atoms with van der Waals surface area (Å²) >= 11 is 0. The van der Waals surface area contributed by atoms with E-state index in [4.69, 9.17) is 4.74 Å². The number of nitrogens with zero attached hydrogens (tertiary/aromatic N) is 1. The number of nitro groups is 1. The van der Waals surface area contributed by atoms with Gasteiger partial charge in [-0.05, 0) is 29.2 Å². The molecule has 5 nitrogen and oxygen atoms in total. The maximum Gasteiger partial charge on any atom is 0.270 e. The van der Waals surface area contributed by atoms with Crippen molar-refractivity contribution >= 4 is 5.69 Å². The quantitative estimate of drug-likeness (QED) is 0.679. The maximum atomic E-state index is 10.8. The number of ether oxygens (including phenoxy) is 1. The molecule has 5 heteroatoms. The van der Waals surface area contributed by atoms with Gasteiger partial charge < -0.3 is 9.84 Å². The van der Waals surface area contributed by atoms with Gasteiger partial charge in [-0.3, -0.25) is 10.1 Å².